The number of benzene rings is 7. The number of rotatable bonds is 3. The summed E-state index contributed by atoms with van der Waals surface area (Å²) in [5, 5.41) is 6.85. The van der Waals surface area contributed by atoms with Crippen LogP contribution in [0.2, 0.25) is 0 Å². The van der Waals surface area contributed by atoms with E-state index in [2.05, 4.69) is 54.6 Å². The van der Waals surface area contributed by atoms with Crippen molar-refractivity contribution in [2.45, 2.75) is 0 Å². The molecule has 8 aromatic rings. The van der Waals surface area contributed by atoms with Crippen LogP contribution in [0.5, 0.6) is 0 Å². The van der Waals surface area contributed by atoms with Crippen LogP contribution in [0.3, 0.4) is 0 Å². The van der Waals surface area contributed by atoms with Gasteiger partial charge in [0.15, 0.2) is 0 Å². The monoisotopic (exact) mass is 570 g/mol. The van der Waals surface area contributed by atoms with E-state index in [9.17, 15) is 0 Å². The minimum absolute atomic E-state index is 0.0361. The van der Waals surface area contributed by atoms with Crippen molar-refractivity contribution in [3.63, 3.8) is 0 Å². The molecule has 0 aliphatic heterocycles. The Morgan fingerprint density at radius 2 is 1.03 bits per heavy atom. The average Bonchev–Trinajstić information content (AvgIpc) is 3.50. The first-order valence-electron chi connectivity index (χ1n) is 17.5. The Morgan fingerprint density at radius 3 is 1.74 bits per heavy atom. The van der Waals surface area contributed by atoms with Crippen LogP contribution in [0.15, 0.2) is 145 Å². The van der Waals surface area contributed by atoms with Gasteiger partial charge in [-0.2, -0.15) is 0 Å². The predicted octanol–water partition coefficient (Wildman–Crippen LogP) is 10.4. The molecule has 0 aliphatic carbocycles. The molecule has 0 bridgehead atoms. The van der Waals surface area contributed by atoms with Crippen molar-refractivity contribution >= 4 is 55.3 Å². The van der Waals surface area contributed by atoms with E-state index in [1.165, 1.54) is 30.7 Å². The topological polar surface area (TPSA) is 0 Å². The normalized spacial score (nSPS) is 15.2. The molecule has 1 aromatic heterocycles. The molecule has 0 nitrogen and oxygen atoms in total. The summed E-state index contributed by atoms with van der Waals surface area (Å²) >= 11 is 0.102. The molecule has 0 amide bonds. The van der Waals surface area contributed by atoms with Gasteiger partial charge in [-0.05, 0) is 0 Å². The quantitative estimate of drug-likeness (QED) is 0.147. The first-order valence-corrected chi connectivity index (χ1v) is 14.2. The van der Waals surface area contributed by atoms with Gasteiger partial charge in [0.05, 0.1) is 2.74 Å². The molecule has 0 atom stereocenters. The second-order valence-corrected chi connectivity index (χ2v) is 11.6. The Balaban J connectivity index is 1.46. The van der Waals surface area contributed by atoms with Gasteiger partial charge >= 0.3 is 245 Å². The molecular weight excluding hydrogens is 535 g/mol. The summed E-state index contributed by atoms with van der Waals surface area (Å²) in [6.45, 7) is 0. The first kappa shape index (κ1) is 14.7. The third-order valence-corrected chi connectivity index (χ3v) is 9.71. The van der Waals surface area contributed by atoms with E-state index >= 15 is 0 Å². The molecule has 182 valence electrons. The van der Waals surface area contributed by atoms with Crippen molar-refractivity contribution in [3.8, 4) is 33.4 Å². The van der Waals surface area contributed by atoms with E-state index in [0.29, 0.717) is 5.56 Å². The molecule has 7 aromatic carbocycles. The van der Waals surface area contributed by atoms with E-state index in [0.717, 1.165) is 21.7 Å². The van der Waals surface area contributed by atoms with Crippen molar-refractivity contribution in [2.75, 3.05) is 0 Å². The maximum absolute atomic E-state index is 8.70. The minimum atomic E-state index is -0.515. The van der Waals surface area contributed by atoms with Crippen LogP contribution in [0, 0.1) is 0 Å². The summed E-state index contributed by atoms with van der Waals surface area (Å²) in [7, 11) is 0. The third-order valence-electron chi connectivity index (χ3n) is 7.19. The van der Waals surface area contributed by atoms with Gasteiger partial charge in [0.2, 0.25) is 0 Å². The zero-order valence-corrected chi connectivity index (χ0v) is 22.2. The van der Waals surface area contributed by atoms with E-state index in [4.69, 9.17) is 13.7 Å². The summed E-state index contributed by atoms with van der Waals surface area (Å²) in [4.78, 5) is 0. The summed E-state index contributed by atoms with van der Waals surface area (Å²) in [5.74, 6) is 0. The fourth-order valence-corrected chi connectivity index (χ4v) is 8.04. The zero-order chi connectivity index (χ0) is 34.5. The van der Waals surface area contributed by atoms with Crippen molar-refractivity contribution in [3.05, 3.63) is 145 Å². The van der Waals surface area contributed by atoms with E-state index in [1.807, 2.05) is 12.1 Å². The Kier molecular flexibility index (Phi) is 3.42. The molecule has 0 fully saturated rings. The standard InChI is InChI=1S/C38H24Se/c1-3-9-25(10-4-1)30-21-31(26-11-5-2-6-12-26)23-32(22-30)29-18-16-27-15-17-28-19-20-34-33-13-7-8-14-36(33)39-38(34)37(28)35(27)24-29/h1-24H/i1D,2D,3D,4D,5D,6D,9D,10D,11D,12D. The molecule has 0 radical (unpaired) electrons. The van der Waals surface area contributed by atoms with E-state index in [1.54, 1.807) is 12.1 Å². The zero-order valence-electron chi connectivity index (χ0n) is 30.5. The van der Waals surface area contributed by atoms with Crippen molar-refractivity contribution in [1.82, 2.24) is 0 Å². The molecule has 1 heteroatoms. The molecule has 1 heterocycles. The van der Waals surface area contributed by atoms with Crippen molar-refractivity contribution in [2.24, 2.45) is 0 Å². The van der Waals surface area contributed by atoms with Gasteiger partial charge < -0.3 is 0 Å². The number of hydrogen-bond donors (Lipinski definition) is 0. The van der Waals surface area contributed by atoms with Crippen molar-refractivity contribution in [1.29, 1.82) is 0 Å². The fourth-order valence-electron chi connectivity index (χ4n) is 5.37. The molecule has 39 heavy (non-hydrogen) atoms. The van der Waals surface area contributed by atoms with Gasteiger partial charge in [-0.15, -0.1) is 0 Å². The van der Waals surface area contributed by atoms with Gasteiger partial charge in [-0.3, -0.25) is 0 Å². The van der Waals surface area contributed by atoms with Gasteiger partial charge in [0, 0.05) is 0 Å². The van der Waals surface area contributed by atoms with Gasteiger partial charge in [0.1, 0.15) is 0 Å². The van der Waals surface area contributed by atoms with Crippen LogP contribution in [0.25, 0.3) is 74.2 Å². The van der Waals surface area contributed by atoms with Gasteiger partial charge in [-0.25, -0.2) is 0 Å². The molecule has 0 aliphatic rings. The molecule has 0 spiro atoms. The van der Waals surface area contributed by atoms with Crippen LogP contribution in [0.4, 0.5) is 0 Å². The van der Waals surface area contributed by atoms with Crippen LogP contribution in [0.1, 0.15) is 13.7 Å². The van der Waals surface area contributed by atoms with Crippen molar-refractivity contribution < 1.29 is 13.7 Å². The second-order valence-electron chi connectivity index (χ2n) is 9.44. The second kappa shape index (κ2) is 9.10. The molecule has 0 saturated carbocycles. The van der Waals surface area contributed by atoms with Crippen LogP contribution >= 0.6 is 0 Å². The summed E-state index contributed by atoms with van der Waals surface area (Å²) < 4.78 is 86.9. The average molecular weight is 570 g/mol. The SMILES string of the molecule is [2H]c1c([2H])c([2H])c(-c2cc(-c3ccc4ccc5ccc6c7ccccc7[se]c6c5c4c3)cc(-c3c([2H])c([2H])c([2H])c([2H])c3[2H])c2)c([2H])c1[2H]. The summed E-state index contributed by atoms with van der Waals surface area (Å²) in [5.41, 5.74) is 1.84. The van der Waals surface area contributed by atoms with Gasteiger partial charge in [0.25, 0.3) is 0 Å². The Bertz CT molecular complexity index is 2580. The Labute approximate surface area is 247 Å². The molecule has 8 rings (SSSR count). The fraction of sp³-hybridized carbons (Fsp3) is 0. The molecule has 0 N–H and O–H groups in total. The summed E-state index contributed by atoms with van der Waals surface area (Å²) in [6.07, 6.45) is 0. The molecule has 0 saturated heterocycles. The van der Waals surface area contributed by atoms with E-state index < -0.39 is 60.4 Å². The summed E-state index contributed by atoms with van der Waals surface area (Å²) in [6, 6.07) is 23.6. The number of fused-ring (bicyclic) bond motifs is 7. The Morgan fingerprint density at radius 1 is 0.436 bits per heavy atom. The van der Waals surface area contributed by atoms with E-state index in [-0.39, 0.29) is 36.8 Å². The number of hydrogen-bond acceptors (Lipinski definition) is 0. The van der Waals surface area contributed by atoms with Crippen LogP contribution < -0.4 is 0 Å². The van der Waals surface area contributed by atoms with Gasteiger partial charge in [-0.1, -0.05) is 0 Å². The molecule has 0 unspecified atom stereocenters. The van der Waals surface area contributed by atoms with Crippen LogP contribution in [-0.4, -0.2) is 14.5 Å². The maximum atomic E-state index is 8.70. The predicted molar refractivity (Wildman–Crippen MR) is 170 cm³/mol. The third kappa shape index (κ3) is 3.82. The van der Waals surface area contributed by atoms with Crippen LogP contribution in [-0.2, 0) is 0 Å². The molecular formula is C38H24Se. The Hall–Kier alpha value is -4.42. The first-order chi connectivity index (χ1) is 23.5.